The first-order chi connectivity index (χ1) is 9.58. The fourth-order valence-electron chi connectivity index (χ4n) is 1.30. The molecule has 0 bridgehead atoms. The maximum absolute atomic E-state index is 12.8. The fraction of sp³-hybridized carbons (Fsp3) is 0.385. The maximum atomic E-state index is 12.8. The van der Waals surface area contributed by atoms with Gasteiger partial charge in [0, 0.05) is 0 Å². The number of benzene rings is 1. The second kappa shape index (κ2) is 6.46. The van der Waals surface area contributed by atoms with E-state index in [0.29, 0.717) is 5.56 Å². The standard InChI is InChI=1S/C13H11F7O/c14-11(15,12(16,17)13(18,19)20)9-21-8-4-7-10-5-2-1-3-6-10/h1-7H,8-9H2. The molecule has 0 aliphatic rings. The van der Waals surface area contributed by atoms with Crippen molar-refractivity contribution in [2.45, 2.75) is 18.0 Å². The zero-order valence-electron chi connectivity index (χ0n) is 10.5. The zero-order valence-corrected chi connectivity index (χ0v) is 10.5. The van der Waals surface area contributed by atoms with E-state index in [1.165, 1.54) is 12.2 Å². The molecule has 1 nitrogen and oxygen atoms in total. The molecule has 0 heterocycles. The third-order valence-corrected chi connectivity index (χ3v) is 2.42. The Kier molecular flexibility index (Phi) is 5.38. The van der Waals surface area contributed by atoms with Crippen LogP contribution in [0.25, 0.3) is 6.08 Å². The minimum absolute atomic E-state index is 0.515. The van der Waals surface area contributed by atoms with Crippen LogP contribution in [-0.4, -0.2) is 31.2 Å². The molecule has 1 aromatic carbocycles. The van der Waals surface area contributed by atoms with E-state index < -0.39 is 31.2 Å². The molecule has 0 amide bonds. The monoisotopic (exact) mass is 316 g/mol. The van der Waals surface area contributed by atoms with Crippen molar-refractivity contribution in [3.05, 3.63) is 42.0 Å². The Morgan fingerprint density at radius 1 is 0.905 bits per heavy atom. The Bertz CT molecular complexity index is 465. The molecule has 0 aliphatic heterocycles. The lowest BCUT2D eigenvalue weighted by Crippen LogP contribution is -2.54. The van der Waals surface area contributed by atoms with Gasteiger partial charge in [-0.1, -0.05) is 42.5 Å². The average molecular weight is 316 g/mol. The quantitative estimate of drug-likeness (QED) is 0.553. The van der Waals surface area contributed by atoms with Crippen LogP contribution >= 0.6 is 0 Å². The van der Waals surface area contributed by atoms with Gasteiger partial charge in [0.15, 0.2) is 0 Å². The Labute approximate surface area is 116 Å². The molecule has 0 radical (unpaired) electrons. The van der Waals surface area contributed by atoms with Gasteiger partial charge in [-0.2, -0.15) is 30.7 Å². The van der Waals surface area contributed by atoms with E-state index in [1.54, 1.807) is 30.3 Å². The molecule has 0 spiro atoms. The molecule has 0 N–H and O–H groups in total. The van der Waals surface area contributed by atoms with Crippen molar-refractivity contribution >= 4 is 6.08 Å². The van der Waals surface area contributed by atoms with Crippen LogP contribution in [0, 0.1) is 0 Å². The van der Waals surface area contributed by atoms with Crippen molar-refractivity contribution in [3.63, 3.8) is 0 Å². The van der Waals surface area contributed by atoms with Crippen LogP contribution in [0.4, 0.5) is 30.7 Å². The summed E-state index contributed by atoms with van der Waals surface area (Å²) in [6.07, 6.45) is -3.64. The number of ether oxygens (including phenoxy) is 1. The molecule has 1 aromatic rings. The van der Waals surface area contributed by atoms with Crippen molar-refractivity contribution in [1.29, 1.82) is 0 Å². The van der Waals surface area contributed by atoms with Crippen molar-refractivity contribution < 1.29 is 35.5 Å². The summed E-state index contributed by atoms with van der Waals surface area (Å²) in [4.78, 5) is 0. The van der Waals surface area contributed by atoms with Gasteiger partial charge in [0.25, 0.3) is 0 Å². The van der Waals surface area contributed by atoms with Crippen LogP contribution in [-0.2, 0) is 4.74 Å². The predicted molar refractivity (Wildman–Crippen MR) is 62.2 cm³/mol. The highest BCUT2D eigenvalue weighted by atomic mass is 19.4. The van der Waals surface area contributed by atoms with Crippen molar-refractivity contribution in [2.24, 2.45) is 0 Å². The Hall–Kier alpha value is -1.57. The highest BCUT2D eigenvalue weighted by molar-refractivity contribution is 5.48. The maximum Gasteiger partial charge on any atom is 0.459 e. The molecule has 1 rings (SSSR count). The Morgan fingerprint density at radius 3 is 2.00 bits per heavy atom. The smallest absolute Gasteiger partial charge is 0.371 e. The lowest BCUT2D eigenvalue weighted by Gasteiger charge is -2.27. The third-order valence-electron chi connectivity index (χ3n) is 2.42. The molecule has 8 heteroatoms. The molecule has 0 aliphatic carbocycles. The van der Waals surface area contributed by atoms with Crippen molar-refractivity contribution in [3.8, 4) is 0 Å². The van der Waals surface area contributed by atoms with Crippen LogP contribution in [0.3, 0.4) is 0 Å². The molecule has 0 aromatic heterocycles. The van der Waals surface area contributed by atoms with E-state index in [2.05, 4.69) is 4.74 Å². The van der Waals surface area contributed by atoms with Gasteiger partial charge in [0.1, 0.15) is 6.61 Å². The Balaban J connectivity index is 2.50. The van der Waals surface area contributed by atoms with Crippen LogP contribution in [0.5, 0.6) is 0 Å². The first-order valence-corrected chi connectivity index (χ1v) is 5.69. The summed E-state index contributed by atoms with van der Waals surface area (Å²) in [7, 11) is 0. The van der Waals surface area contributed by atoms with E-state index in [0.717, 1.165) is 0 Å². The number of hydrogen-bond donors (Lipinski definition) is 0. The number of halogens is 7. The van der Waals surface area contributed by atoms with Gasteiger partial charge in [-0.05, 0) is 5.56 Å². The SMILES string of the molecule is FC(F)(F)C(F)(F)C(F)(F)COCC=Cc1ccccc1. The lowest BCUT2D eigenvalue weighted by molar-refractivity contribution is -0.361. The van der Waals surface area contributed by atoms with Crippen LogP contribution in [0.2, 0.25) is 0 Å². The third kappa shape index (κ3) is 4.45. The van der Waals surface area contributed by atoms with Gasteiger partial charge in [0.2, 0.25) is 0 Å². The highest BCUT2D eigenvalue weighted by Gasteiger charge is 2.72. The van der Waals surface area contributed by atoms with E-state index in [9.17, 15) is 30.7 Å². The summed E-state index contributed by atoms with van der Waals surface area (Å²) < 4.78 is 90.3. The van der Waals surface area contributed by atoms with E-state index in [1.807, 2.05) is 0 Å². The summed E-state index contributed by atoms with van der Waals surface area (Å²) in [5.41, 5.74) is 0.702. The summed E-state index contributed by atoms with van der Waals surface area (Å²) >= 11 is 0. The average Bonchev–Trinajstić information content (AvgIpc) is 2.38. The van der Waals surface area contributed by atoms with Gasteiger partial charge < -0.3 is 4.74 Å². The normalized spacial score (nSPS) is 13.9. The van der Waals surface area contributed by atoms with Gasteiger partial charge in [-0.15, -0.1) is 0 Å². The Morgan fingerprint density at radius 2 is 1.48 bits per heavy atom. The summed E-state index contributed by atoms with van der Waals surface area (Å²) in [6.45, 7) is -2.54. The molecule has 0 saturated heterocycles. The van der Waals surface area contributed by atoms with E-state index in [4.69, 9.17) is 0 Å². The van der Waals surface area contributed by atoms with Gasteiger partial charge in [-0.25, -0.2) is 0 Å². The highest BCUT2D eigenvalue weighted by Crippen LogP contribution is 2.46. The molecule has 21 heavy (non-hydrogen) atoms. The lowest BCUT2D eigenvalue weighted by atomic mass is 10.2. The number of rotatable bonds is 6. The van der Waals surface area contributed by atoms with Crippen molar-refractivity contribution in [2.75, 3.05) is 13.2 Å². The number of hydrogen-bond acceptors (Lipinski definition) is 1. The fourth-order valence-corrected chi connectivity index (χ4v) is 1.30. The topological polar surface area (TPSA) is 9.23 Å². The molecular formula is C13H11F7O. The van der Waals surface area contributed by atoms with Gasteiger partial charge >= 0.3 is 18.0 Å². The second-order valence-electron chi connectivity index (χ2n) is 4.10. The zero-order chi connectivity index (χ0) is 16.1. The summed E-state index contributed by atoms with van der Waals surface area (Å²) in [5, 5.41) is 0. The van der Waals surface area contributed by atoms with Crippen LogP contribution < -0.4 is 0 Å². The van der Waals surface area contributed by atoms with Crippen LogP contribution in [0.15, 0.2) is 36.4 Å². The minimum atomic E-state index is -6.33. The van der Waals surface area contributed by atoms with Gasteiger partial charge in [0.05, 0.1) is 6.61 Å². The van der Waals surface area contributed by atoms with E-state index in [-0.39, 0.29) is 0 Å². The molecule has 0 atom stereocenters. The largest absolute Gasteiger partial charge is 0.459 e. The molecule has 0 unspecified atom stereocenters. The number of alkyl halides is 7. The summed E-state index contributed by atoms with van der Waals surface area (Å²) in [5.74, 6) is -11.5. The van der Waals surface area contributed by atoms with Crippen LogP contribution in [0.1, 0.15) is 5.56 Å². The predicted octanol–water partition coefficient (Wildman–Crippen LogP) is 4.55. The second-order valence-corrected chi connectivity index (χ2v) is 4.10. The first-order valence-electron chi connectivity index (χ1n) is 5.69. The van der Waals surface area contributed by atoms with E-state index >= 15 is 0 Å². The first kappa shape index (κ1) is 17.5. The molecule has 0 fully saturated rings. The minimum Gasteiger partial charge on any atom is -0.371 e. The molecular weight excluding hydrogens is 305 g/mol. The van der Waals surface area contributed by atoms with Crippen molar-refractivity contribution in [1.82, 2.24) is 0 Å². The molecule has 0 saturated carbocycles. The molecule has 118 valence electrons. The summed E-state index contributed by atoms with van der Waals surface area (Å²) in [6, 6.07) is 8.52. The van der Waals surface area contributed by atoms with Gasteiger partial charge in [-0.3, -0.25) is 0 Å².